The molecule has 0 aliphatic rings. The van der Waals surface area contributed by atoms with Gasteiger partial charge in [-0.3, -0.25) is 4.79 Å². The molecule has 0 fully saturated rings. The van der Waals surface area contributed by atoms with E-state index in [1.165, 1.54) is 0 Å². The summed E-state index contributed by atoms with van der Waals surface area (Å²) in [6.07, 6.45) is 0. The number of hydrogen-bond donors (Lipinski definition) is 6. The van der Waals surface area contributed by atoms with Gasteiger partial charge in [0.2, 0.25) is 0 Å². The Morgan fingerprint density at radius 2 is 1.06 bits per heavy atom. The van der Waals surface area contributed by atoms with E-state index in [2.05, 4.69) is 16.0 Å². The second-order valence-corrected chi connectivity index (χ2v) is 2.93. The van der Waals surface area contributed by atoms with Gasteiger partial charge in [0.05, 0.1) is 0 Å². The van der Waals surface area contributed by atoms with Crippen molar-refractivity contribution in [1.29, 1.82) is 0 Å². The molecular weight excluding hydrogens is 210 g/mol. The Bertz CT molecular complexity index is 116. The van der Waals surface area contributed by atoms with Crippen molar-refractivity contribution in [2.24, 2.45) is 11.5 Å². The monoisotopic (exact) mass is 235 g/mol. The molecule has 98 valence electrons. The molecule has 0 atom stereocenters. The molecule has 0 unspecified atom stereocenters. The Morgan fingerprint density at radius 1 is 0.812 bits per heavy atom. The quantitative estimate of drug-likeness (QED) is 0.181. The number of carbonyl (C=O) groups is 1. The first-order valence-electron chi connectivity index (χ1n) is 5.43. The van der Waals surface area contributed by atoms with Crippen LogP contribution >= 0.6 is 0 Å². The van der Waals surface area contributed by atoms with Gasteiger partial charge in [-0.2, -0.15) is 0 Å². The lowest BCUT2D eigenvalue weighted by atomic mass is 10.5. The zero-order valence-electron chi connectivity index (χ0n) is 9.74. The summed E-state index contributed by atoms with van der Waals surface area (Å²) in [4.78, 5) is 8.36. The van der Waals surface area contributed by atoms with E-state index >= 15 is 0 Å². The van der Waals surface area contributed by atoms with Crippen molar-refractivity contribution in [3.63, 3.8) is 0 Å². The van der Waals surface area contributed by atoms with Crippen LogP contribution in [-0.2, 0) is 4.79 Å². The molecule has 0 heterocycles. The van der Waals surface area contributed by atoms with Gasteiger partial charge in [-0.1, -0.05) is 0 Å². The first-order valence-corrected chi connectivity index (χ1v) is 5.43. The molecule has 0 spiro atoms. The topological polar surface area (TPSA) is 125 Å². The van der Waals surface area contributed by atoms with Crippen LogP contribution in [0.2, 0.25) is 0 Å². The second kappa shape index (κ2) is 19.8. The van der Waals surface area contributed by atoms with Crippen LogP contribution in [0.4, 0.5) is 0 Å². The minimum atomic E-state index is -0.250. The third kappa shape index (κ3) is 23.2. The van der Waals surface area contributed by atoms with Crippen LogP contribution in [0.15, 0.2) is 0 Å². The summed E-state index contributed by atoms with van der Waals surface area (Å²) in [5.74, 6) is 0. The van der Waals surface area contributed by atoms with Gasteiger partial charge >= 0.3 is 0 Å². The summed E-state index contributed by atoms with van der Waals surface area (Å²) >= 11 is 0. The van der Waals surface area contributed by atoms with Gasteiger partial charge in [0, 0.05) is 52.4 Å². The molecule has 7 heteroatoms. The van der Waals surface area contributed by atoms with Crippen molar-refractivity contribution < 1.29 is 9.90 Å². The highest BCUT2D eigenvalue weighted by molar-refractivity contribution is 5.32. The van der Waals surface area contributed by atoms with Crippen molar-refractivity contribution in [3.05, 3.63) is 0 Å². The van der Waals surface area contributed by atoms with Crippen LogP contribution in [0, 0.1) is 0 Å². The fourth-order valence-corrected chi connectivity index (χ4v) is 0.933. The third-order valence-corrected chi connectivity index (χ3v) is 1.60. The Balaban J connectivity index is 0. The molecule has 0 rings (SSSR count). The maximum atomic E-state index is 8.36. The Labute approximate surface area is 96.9 Å². The predicted molar refractivity (Wildman–Crippen MR) is 65.4 cm³/mol. The van der Waals surface area contributed by atoms with Crippen LogP contribution in [0.5, 0.6) is 0 Å². The number of carboxylic acid groups (broad SMARTS) is 1. The molecule has 0 saturated heterocycles. The van der Waals surface area contributed by atoms with Gasteiger partial charge in [0.25, 0.3) is 6.47 Å². The lowest BCUT2D eigenvalue weighted by Crippen LogP contribution is -2.35. The second-order valence-electron chi connectivity index (χ2n) is 2.93. The molecule has 0 aliphatic carbocycles. The maximum Gasteiger partial charge on any atom is 0.290 e. The zero-order valence-corrected chi connectivity index (χ0v) is 9.74. The minimum absolute atomic E-state index is 0.250. The van der Waals surface area contributed by atoms with Crippen LogP contribution in [0.3, 0.4) is 0 Å². The Morgan fingerprint density at radius 3 is 1.31 bits per heavy atom. The van der Waals surface area contributed by atoms with Gasteiger partial charge < -0.3 is 32.5 Å². The van der Waals surface area contributed by atoms with Crippen LogP contribution in [0.1, 0.15) is 0 Å². The van der Waals surface area contributed by atoms with Gasteiger partial charge in [-0.15, -0.1) is 0 Å². The normalized spacial score (nSPS) is 9.38. The summed E-state index contributed by atoms with van der Waals surface area (Å²) in [6.45, 7) is 6.90. The van der Waals surface area contributed by atoms with Crippen molar-refractivity contribution in [3.8, 4) is 0 Å². The van der Waals surface area contributed by atoms with Crippen LogP contribution in [-0.4, -0.2) is 63.9 Å². The third-order valence-electron chi connectivity index (χ3n) is 1.60. The molecular formula is C9H25N5O2. The Hall–Kier alpha value is -0.730. The molecule has 0 bridgehead atoms. The van der Waals surface area contributed by atoms with E-state index in [1.807, 2.05) is 0 Å². The summed E-state index contributed by atoms with van der Waals surface area (Å²) in [5.41, 5.74) is 10.6. The van der Waals surface area contributed by atoms with Crippen molar-refractivity contribution >= 4 is 6.47 Å². The molecule has 0 aromatic heterocycles. The largest absolute Gasteiger partial charge is 0.483 e. The highest BCUT2D eigenvalue weighted by atomic mass is 16.3. The van der Waals surface area contributed by atoms with Gasteiger partial charge in [0.15, 0.2) is 0 Å². The van der Waals surface area contributed by atoms with E-state index in [0.717, 1.165) is 39.3 Å². The smallest absolute Gasteiger partial charge is 0.290 e. The first kappa shape index (κ1) is 17.7. The summed E-state index contributed by atoms with van der Waals surface area (Å²) in [5, 5.41) is 16.6. The average molecular weight is 235 g/mol. The fraction of sp³-hybridized carbons (Fsp3) is 0.889. The maximum absolute atomic E-state index is 8.36. The van der Waals surface area contributed by atoms with Crippen molar-refractivity contribution in [2.75, 3.05) is 52.4 Å². The van der Waals surface area contributed by atoms with E-state index in [-0.39, 0.29) is 6.47 Å². The van der Waals surface area contributed by atoms with E-state index < -0.39 is 0 Å². The lowest BCUT2D eigenvalue weighted by molar-refractivity contribution is -0.122. The van der Waals surface area contributed by atoms with Gasteiger partial charge in [-0.05, 0) is 0 Å². The molecule has 0 aliphatic heterocycles. The molecule has 8 N–H and O–H groups in total. The van der Waals surface area contributed by atoms with Crippen LogP contribution in [0.25, 0.3) is 0 Å². The molecule has 0 radical (unpaired) electrons. The fourth-order valence-electron chi connectivity index (χ4n) is 0.933. The predicted octanol–water partition coefficient (Wildman–Crippen LogP) is -2.63. The number of nitrogens with two attached hydrogens (primary N) is 2. The van der Waals surface area contributed by atoms with Crippen molar-refractivity contribution in [2.45, 2.75) is 0 Å². The van der Waals surface area contributed by atoms with E-state index in [1.54, 1.807) is 0 Å². The summed E-state index contributed by atoms with van der Waals surface area (Å²) < 4.78 is 0. The lowest BCUT2D eigenvalue weighted by Gasteiger charge is -2.06. The SMILES string of the molecule is NCCNCCNCCNCCN.O=CO. The highest BCUT2D eigenvalue weighted by Crippen LogP contribution is 1.60. The molecule has 0 aromatic carbocycles. The van der Waals surface area contributed by atoms with Crippen molar-refractivity contribution in [1.82, 2.24) is 16.0 Å². The zero-order chi connectivity index (χ0) is 12.5. The van der Waals surface area contributed by atoms with Gasteiger partial charge in [-0.25, -0.2) is 0 Å². The van der Waals surface area contributed by atoms with E-state index in [0.29, 0.717) is 13.1 Å². The van der Waals surface area contributed by atoms with E-state index in [4.69, 9.17) is 21.4 Å². The molecule has 0 amide bonds. The Kier molecular flexibility index (Phi) is 21.8. The minimum Gasteiger partial charge on any atom is -0.483 e. The first-order chi connectivity index (χ1) is 7.83. The number of nitrogens with one attached hydrogen (secondary N) is 3. The summed E-state index contributed by atoms with van der Waals surface area (Å²) in [6, 6.07) is 0. The van der Waals surface area contributed by atoms with Crippen LogP contribution < -0.4 is 27.4 Å². The molecule has 0 saturated carbocycles. The molecule has 16 heavy (non-hydrogen) atoms. The number of hydrogen-bond acceptors (Lipinski definition) is 6. The highest BCUT2D eigenvalue weighted by Gasteiger charge is 1.87. The molecule has 0 aromatic rings. The van der Waals surface area contributed by atoms with Gasteiger partial charge in [0.1, 0.15) is 0 Å². The standard InChI is InChI=1S/C8H23N5.CH2O2/c9-1-3-11-5-7-13-8-6-12-4-2-10;2-1-3/h11-13H,1-10H2;1H,(H,2,3). The average Bonchev–Trinajstić information content (AvgIpc) is 2.28. The van der Waals surface area contributed by atoms with E-state index in [9.17, 15) is 0 Å². The molecule has 7 nitrogen and oxygen atoms in total. The summed E-state index contributed by atoms with van der Waals surface area (Å²) in [7, 11) is 0. The number of rotatable bonds is 10.